The maximum atomic E-state index is 13.6. The Bertz CT molecular complexity index is 1040. The molecule has 0 spiro atoms. The van der Waals surface area contributed by atoms with E-state index in [1.807, 2.05) is 27.7 Å². The number of ketones is 1. The molecule has 3 rings (SSSR count). The van der Waals surface area contributed by atoms with E-state index in [-0.39, 0.29) is 29.3 Å². The lowest BCUT2D eigenvalue weighted by Gasteiger charge is -2.21. The fourth-order valence-electron chi connectivity index (χ4n) is 3.87. The van der Waals surface area contributed by atoms with Crippen LogP contribution in [0.1, 0.15) is 76.5 Å². The summed E-state index contributed by atoms with van der Waals surface area (Å²) in [7, 11) is 0. The Morgan fingerprint density at radius 1 is 1.29 bits per heavy atom. The Balaban J connectivity index is 2.25. The minimum Gasteiger partial charge on any atom is -0.396 e. The molecule has 146 valence electrons. The highest BCUT2D eigenvalue weighted by Gasteiger charge is 2.43. The number of aromatic nitrogens is 1. The molecule has 0 saturated heterocycles. The topological polar surface area (TPSA) is 93.9 Å². The third-order valence-electron chi connectivity index (χ3n) is 5.69. The first-order valence-electron chi connectivity index (χ1n) is 9.64. The van der Waals surface area contributed by atoms with Crippen LogP contribution in [0.3, 0.4) is 0 Å². The fraction of sp³-hybridized carbons (Fsp3) is 0.435. The van der Waals surface area contributed by atoms with Crippen molar-refractivity contribution in [2.75, 3.05) is 6.61 Å². The minimum absolute atomic E-state index is 0.0687. The number of nitriles is 1. The van der Waals surface area contributed by atoms with Crippen molar-refractivity contribution in [2.24, 2.45) is 5.41 Å². The van der Waals surface area contributed by atoms with Gasteiger partial charge in [-0.05, 0) is 73.8 Å². The van der Waals surface area contributed by atoms with Gasteiger partial charge in [-0.1, -0.05) is 13.8 Å². The third kappa shape index (κ3) is 3.65. The number of aryl methyl sites for hydroxylation is 2. The van der Waals surface area contributed by atoms with Crippen molar-refractivity contribution < 1.29 is 9.90 Å². The highest BCUT2D eigenvalue weighted by Crippen LogP contribution is 2.48. The van der Waals surface area contributed by atoms with Gasteiger partial charge in [0.05, 0.1) is 11.6 Å². The van der Waals surface area contributed by atoms with E-state index in [4.69, 9.17) is 0 Å². The maximum absolute atomic E-state index is 13.6. The number of aromatic amines is 1. The molecule has 0 radical (unpaired) electrons. The van der Waals surface area contributed by atoms with Crippen molar-refractivity contribution in [3.8, 4) is 6.07 Å². The lowest BCUT2D eigenvalue weighted by Crippen LogP contribution is -2.26. The number of nitrogens with one attached hydrogen (secondary N) is 1. The Kier molecular flexibility index (Phi) is 5.27. The van der Waals surface area contributed by atoms with E-state index in [1.165, 1.54) is 0 Å². The molecule has 0 bridgehead atoms. The van der Waals surface area contributed by atoms with Crippen LogP contribution in [-0.2, 0) is 6.42 Å². The first-order chi connectivity index (χ1) is 13.2. The number of aliphatic hydroxyl groups is 1. The van der Waals surface area contributed by atoms with Gasteiger partial charge in [-0.3, -0.25) is 9.59 Å². The van der Waals surface area contributed by atoms with Crippen LogP contribution < -0.4 is 5.56 Å². The zero-order chi connectivity index (χ0) is 20.6. The van der Waals surface area contributed by atoms with Gasteiger partial charge < -0.3 is 10.1 Å². The summed E-state index contributed by atoms with van der Waals surface area (Å²) in [5.74, 6) is -0.367. The van der Waals surface area contributed by atoms with Crippen molar-refractivity contribution in [1.29, 1.82) is 5.26 Å². The number of hydrogen-bond donors (Lipinski definition) is 2. The van der Waals surface area contributed by atoms with Crippen molar-refractivity contribution in [1.82, 2.24) is 4.98 Å². The number of H-pyrrole nitrogens is 1. The molecule has 1 aliphatic rings. The highest BCUT2D eigenvalue weighted by atomic mass is 16.3. The summed E-state index contributed by atoms with van der Waals surface area (Å²) in [6.45, 7) is 7.52. The fourth-order valence-corrected chi connectivity index (χ4v) is 3.87. The van der Waals surface area contributed by atoms with E-state index in [1.54, 1.807) is 18.2 Å². The lowest BCUT2D eigenvalue weighted by atomic mass is 9.84. The van der Waals surface area contributed by atoms with Gasteiger partial charge in [0.1, 0.15) is 0 Å². The molecule has 0 aliphatic heterocycles. The van der Waals surface area contributed by atoms with E-state index in [9.17, 15) is 20.0 Å². The molecule has 1 heterocycles. The standard InChI is InChI=1S/C23H26N2O3/c1-13(2)19-20(21(27)17-8-14(3)7-16(9-17)11-24)18(15(4)25-22(19)28)10-23(12-26)5-6-23/h7-9,13,26H,5-6,10,12H2,1-4H3,(H,25,28). The van der Waals surface area contributed by atoms with Crippen molar-refractivity contribution in [3.05, 3.63) is 67.6 Å². The number of aliphatic hydroxyl groups excluding tert-OH is 1. The van der Waals surface area contributed by atoms with E-state index >= 15 is 0 Å². The molecule has 2 aromatic rings. The second-order valence-electron chi connectivity index (χ2n) is 8.36. The summed E-state index contributed by atoms with van der Waals surface area (Å²) in [6.07, 6.45) is 2.38. The normalized spacial score (nSPS) is 14.8. The number of carbonyl (C=O) groups excluding carboxylic acids is 1. The molecular weight excluding hydrogens is 352 g/mol. The van der Waals surface area contributed by atoms with E-state index in [0.717, 1.165) is 24.0 Å². The number of hydrogen-bond acceptors (Lipinski definition) is 4. The SMILES string of the molecule is Cc1cc(C#N)cc(C(=O)c2c(CC3(CO)CC3)c(C)[nH]c(=O)c2C(C)C)c1. The zero-order valence-corrected chi connectivity index (χ0v) is 16.8. The molecule has 0 amide bonds. The molecule has 1 saturated carbocycles. The van der Waals surface area contributed by atoms with E-state index < -0.39 is 0 Å². The average Bonchev–Trinajstić information content (AvgIpc) is 3.42. The zero-order valence-electron chi connectivity index (χ0n) is 16.8. The van der Waals surface area contributed by atoms with Crippen LogP contribution in [0.5, 0.6) is 0 Å². The van der Waals surface area contributed by atoms with Gasteiger partial charge >= 0.3 is 0 Å². The average molecular weight is 378 g/mol. The highest BCUT2D eigenvalue weighted by molar-refractivity contribution is 6.11. The van der Waals surface area contributed by atoms with Gasteiger partial charge in [0, 0.05) is 29.0 Å². The van der Waals surface area contributed by atoms with E-state index in [2.05, 4.69) is 11.1 Å². The van der Waals surface area contributed by atoms with Crippen LogP contribution >= 0.6 is 0 Å². The molecule has 1 fully saturated rings. The molecule has 2 N–H and O–H groups in total. The summed E-state index contributed by atoms with van der Waals surface area (Å²) in [5.41, 5.74) is 3.60. The van der Waals surface area contributed by atoms with Gasteiger partial charge in [0.25, 0.3) is 5.56 Å². The summed E-state index contributed by atoms with van der Waals surface area (Å²) < 4.78 is 0. The van der Waals surface area contributed by atoms with Crippen molar-refractivity contribution in [2.45, 2.75) is 52.9 Å². The lowest BCUT2D eigenvalue weighted by molar-refractivity contribution is 0.103. The largest absolute Gasteiger partial charge is 0.396 e. The predicted octanol–water partition coefficient (Wildman–Crippen LogP) is 3.53. The predicted molar refractivity (Wildman–Crippen MR) is 108 cm³/mol. The quantitative estimate of drug-likeness (QED) is 0.752. The van der Waals surface area contributed by atoms with Crippen LogP contribution in [0.15, 0.2) is 23.0 Å². The van der Waals surface area contributed by atoms with Gasteiger partial charge in [0.2, 0.25) is 0 Å². The molecule has 5 heteroatoms. The first-order valence-corrected chi connectivity index (χ1v) is 9.64. The van der Waals surface area contributed by atoms with Gasteiger partial charge in [-0.15, -0.1) is 0 Å². The number of nitrogens with zero attached hydrogens (tertiary/aromatic N) is 1. The molecule has 28 heavy (non-hydrogen) atoms. The second kappa shape index (κ2) is 7.37. The molecular formula is C23H26N2O3. The van der Waals surface area contributed by atoms with Crippen LogP contribution in [0, 0.1) is 30.6 Å². The monoisotopic (exact) mass is 378 g/mol. The molecule has 1 aromatic carbocycles. The second-order valence-corrected chi connectivity index (χ2v) is 8.36. The molecule has 5 nitrogen and oxygen atoms in total. The Morgan fingerprint density at radius 2 is 1.96 bits per heavy atom. The minimum atomic E-state index is -0.249. The summed E-state index contributed by atoms with van der Waals surface area (Å²) in [6, 6.07) is 7.16. The Labute approximate surface area is 165 Å². The smallest absolute Gasteiger partial charge is 0.252 e. The third-order valence-corrected chi connectivity index (χ3v) is 5.69. The van der Waals surface area contributed by atoms with Gasteiger partial charge in [-0.2, -0.15) is 5.26 Å². The van der Waals surface area contributed by atoms with Gasteiger partial charge in [0.15, 0.2) is 5.78 Å². The van der Waals surface area contributed by atoms with Crippen LogP contribution in [0.4, 0.5) is 0 Å². The summed E-state index contributed by atoms with van der Waals surface area (Å²) in [4.78, 5) is 29.2. The molecule has 0 atom stereocenters. The van der Waals surface area contributed by atoms with Crippen LogP contribution in [-0.4, -0.2) is 22.5 Å². The van der Waals surface area contributed by atoms with Crippen molar-refractivity contribution in [3.63, 3.8) is 0 Å². The molecule has 1 aromatic heterocycles. The number of carbonyl (C=O) groups is 1. The van der Waals surface area contributed by atoms with Crippen molar-refractivity contribution >= 4 is 5.78 Å². The maximum Gasteiger partial charge on any atom is 0.252 e. The Hall–Kier alpha value is -2.71. The Morgan fingerprint density at radius 3 is 2.50 bits per heavy atom. The van der Waals surface area contributed by atoms with Crippen LogP contribution in [0.2, 0.25) is 0 Å². The molecule has 1 aliphatic carbocycles. The van der Waals surface area contributed by atoms with Crippen LogP contribution in [0.25, 0.3) is 0 Å². The van der Waals surface area contributed by atoms with Gasteiger partial charge in [-0.25, -0.2) is 0 Å². The number of pyridine rings is 1. The number of benzene rings is 1. The number of rotatable bonds is 6. The van der Waals surface area contributed by atoms with E-state index in [0.29, 0.717) is 34.4 Å². The first kappa shape index (κ1) is 20.0. The summed E-state index contributed by atoms with van der Waals surface area (Å²) >= 11 is 0. The molecule has 0 unspecified atom stereocenters. The summed E-state index contributed by atoms with van der Waals surface area (Å²) in [5, 5.41) is 19.1.